The standard InChI is InChI=1S/C23H26N4OS/c1-16(2)11-12-17-13-14-22(20(15-17)19-9-6-10-21(19)28)29-23-24-25-26-27(23)18-7-4-3-5-8-18/h3-5,7-8,13-16,19H,6,9-12H2,1-2H3. The SMILES string of the molecule is CC(C)CCc1ccc(Sc2nnnn2-c2ccccc2)c(C2CCCC2=O)c1. The lowest BCUT2D eigenvalue weighted by Crippen LogP contribution is -2.07. The molecule has 0 saturated heterocycles. The molecular formula is C23H26N4OS. The number of benzene rings is 2. The lowest BCUT2D eigenvalue weighted by Gasteiger charge is -2.16. The number of tetrazole rings is 1. The van der Waals surface area contributed by atoms with Crippen molar-refractivity contribution < 1.29 is 4.79 Å². The number of hydrogen-bond acceptors (Lipinski definition) is 5. The molecule has 0 aliphatic heterocycles. The molecule has 5 nitrogen and oxygen atoms in total. The highest BCUT2D eigenvalue weighted by atomic mass is 32.2. The van der Waals surface area contributed by atoms with Crippen molar-refractivity contribution in [1.82, 2.24) is 20.2 Å². The zero-order chi connectivity index (χ0) is 20.2. The second-order valence-electron chi connectivity index (χ2n) is 8.03. The lowest BCUT2D eigenvalue weighted by molar-refractivity contribution is -0.118. The van der Waals surface area contributed by atoms with Crippen molar-refractivity contribution in [1.29, 1.82) is 0 Å². The van der Waals surface area contributed by atoms with Crippen LogP contribution in [0.1, 0.15) is 56.6 Å². The van der Waals surface area contributed by atoms with Crippen LogP contribution in [0.3, 0.4) is 0 Å². The van der Waals surface area contributed by atoms with Gasteiger partial charge in [-0.1, -0.05) is 44.2 Å². The van der Waals surface area contributed by atoms with Gasteiger partial charge in [0.15, 0.2) is 0 Å². The molecule has 0 spiro atoms. The zero-order valence-electron chi connectivity index (χ0n) is 16.9. The molecule has 1 aromatic heterocycles. The largest absolute Gasteiger partial charge is 0.299 e. The second-order valence-corrected chi connectivity index (χ2v) is 9.04. The predicted octanol–water partition coefficient (Wildman–Crippen LogP) is 5.24. The van der Waals surface area contributed by atoms with E-state index in [-0.39, 0.29) is 5.92 Å². The van der Waals surface area contributed by atoms with Crippen LogP contribution in [0.5, 0.6) is 0 Å². The van der Waals surface area contributed by atoms with Gasteiger partial charge >= 0.3 is 0 Å². The Morgan fingerprint density at radius 2 is 2.00 bits per heavy atom. The van der Waals surface area contributed by atoms with E-state index in [1.165, 1.54) is 17.3 Å². The van der Waals surface area contributed by atoms with Gasteiger partial charge in [-0.05, 0) is 83.1 Å². The highest BCUT2D eigenvalue weighted by Crippen LogP contribution is 2.39. The maximum Gasteiger partial charge on any atom is 0.218 e. The van der Waals surface area contributed by atoms with Crippen molar-refractivity contribution in [2.45, 2.75) is 61.9 Å². The number of para-hydroxylation sites is 1. The Labute approximate surface area is 175 Å². The first-order valence-corrected chi connectivity index (χ1v) is 11.1. The molecule has 0 radical (unpaired) electrons. The molecule has 2 aromatic carbocycles. The molecule has 1 fully saturated rings. The van der Waals surface area contributed by atoms with Crippen LogP contribution in [0.15, 0.2) is 58.6 Å². The number of aryl methyl sites for hydroxylation is 1. The minimum Gasteiger partial charge on any atom is -0.299 e. The lowest BCUT2D eigenvalue weighted by atomic mass is 9.93. The first kappa shape index (κ1) is 19.8. The van der Waals surface area contributed by atoms with Gasteiger partial charge in [0, 0.05) is 17.2 Å². The summed E-state index contributed by atoms with van der Waals surface area (Å²) in [6, 6.07) is 16.5. The van der Waals surface area contributed by atoms with Crippen molar-refractivity contribution in [2.24, 2.45) is 5.92 Å². The average molecular weight is 407 g/mol. The fourth-order valence-electron chi connectivity index (χ4n) is 3.79. The Balaban J connectivity index is 1.67. The van der Waals surface area contributed by atoms with E-state index in [0.29, 0.717) is 23.3 Å². The minimum absolute atomic E-state index is 0.00226. The van der Waals surface area contributed by atoms with E-state index >= 15 is 0 Å². The number of aromatic nitrogens is 4. The Morgan fingerprint density at radius 3 is 2.72 bits per heavy atom. The molecule has 1 aliphatic rings. The van der Waals surface area contributed by atoms with Crippen molar-refractivity contribution in [2.75, 3.05) is 0 Å². The first-order chi connectivity index (χ1) is 14.1. The number of carbonyl (C=O) groups is 1. The van der Waals surface area contributed by atoms with E-state index in [9.17, 15) is 4.79 Å². The molecule has 1 atom stereocenters. The summed E-state index contributed by atoms with van der Waals surface area (Å²) in [5, 5.41) is 13.0. The Kier molecular flexibility index (Phi) is 6.09. The highest BCUT2D eigenvalue weighted by Gasteiger charge is 2.29. The maximum absolute atomic E-state index is 12.5. The molecule has 3 aromatic rings. The van der Waals surface area contributed by atoms with E-state index in [1.807, 2.05) is 30.3 Å². The number of carbonyl (C=O) groups excluding carboxylic acids is 1. The maximum atomic E-state index is 12.5. The number of rotatable bonds is 7. The summed E-state index contributed by atoms with van der Waals surface area (Å²) in [6.07, 6.45) is 4.79. The molecule has 0 bridgehead atoms. The molecule has 0 N–H and O–H groups in total. The van der Waals surface area contributed by atoms with Crippen LogP contribution < -0.4 is 0 Å². The molecule has 1 aliphatic carbocycles. The van der Waals surface area contributed by atoms with Gasteiger partial charge in [0.25, 0.3) is 0 Å². The summed E-state index contributed by atoms with van der Waals surface area (Å²) >= 11 is 1.54. The van der Waals surface area contributed by atoms with Gasteiger partial charge in [0.2, 0.25) is 5.16 Å². The van der Waals surface area contributed by atoms with Crippen molar-refractivity contribution in [3.63, 3.8) is 0 Å². The summed E-state index contributed by atoms with van der Waals surface area (Å²) in [4.78, 5) is 13.6. The molecular weight excluding hydrogens is 380 g/mol. The highest BCUT2D eigenvalue weighted by molar-refractivity contribution is 7.99. The van der Waals surface area contributed by atoms with Crippen LogP contribution in [0.2, 0.25) is 0 Å². The molecule has 6 heteroatoms. The predicted molar refractivity (Wildman–Crippen MR) is 114 cm³/mol. The average Bonchev–Trinajstić information content (AvgIpc) is 3.36. The van der Waals surface area contributed by atoms with Crippen molar-refractivity contribution in [3.8, 4) is 5.69 Å². The van der Waals surface area contributed by atoms with Gasteiger partial charge in [-0.2, -0.15) is 4.68 Å². The van der Waals surface area contributed by atoms with Gasteiger partial charge in [-0.15, -0.1) is 5.10 Å². The van der Waals surface area contributed by atoms with E-state index in [2.05, 4.69) is 47.6 Å². The quantitative estimate of drug-likeness (QED) is 0.537. The molecule has 29 heavy (non-hydrogen) atoms. The molecule has 150 valence electrons. The summed E-state index contributed by atoms with van der Waals surface area (Å²) in [5.74, 6) is 1.02. The van der Waals surface area contributed by atoms with Crippen LogP contribution in [0, 0.1) is 5.92 Å². The van der Waals surface area contributed by atoms with Crippen LogP contribution in [0.4, 0.5) is 0 Å². The van der Waals surface area contributed by atoms with E-state index < -0.39 is 0 Å². The third kappa shape index (κ3) is 4.58. The summed E-state index contributed by atoms with van der Waals surface area (Å²) in [6.45, 7) is 4.49. The summed E-state index contributed by atoms with van der Waals surface area (Å²) in [5.41, 5.74) is 3.37. The molecule has 1 heterocycles. The molecule has 4 rings (SSSR count). The van der Waals surface area contributed by atoms with Crippen LogP contribution >= 0.6 is 11.8 Å². The van der Waals surface area contributed by atoms with Crippen molar-refractivity contribution in [3.05, 3.63) is 59.7 Å². The first-order valence-electron chi connectivity index (χ1n) is 10.3. The number of Topliss-reactive ketones (excluding diaryl/α,β-unsaturated/α-hetero) is 1. The Bertz CT molecular complexity index is 984. The summed E-state index contributed by atoms with van der Waals surface area (Å²) in [7, 11) is 0. The Morgan fingerprint density at radius 1 is 1.17 bits per heavy atom. The van der Waals surface area contributed by atoms with Crippen LogP contribution in [-0.4, -0.2) is 26.0 Å². The van der Waals surface area contributed by atoms with Gasteiger partial charge in [-0.25, -0.2) is 0 Å². The smallest absolute Gasteiger partial charge is 0.218 e. The third-order valence-electron chi connectivity index (χ3n) is 5.41. The van der Waals surface area contributed by atoms with Crippen LogP contribution in [0.25, 0.3) is 5.69 Å². The van der Waals surface area contributed by atoms with Gasteiger partial charge < -0.3 is 0 Å². The number of nitrogens with zero attached hydrogens (tertiary/aromatic N) is 4. The minimum atomic E-state index is -0.00226. The van der Waals surface area contributed by atoms with E-state index in [1.54, 1.807) is 4.68 Å². The van der Waals surface area contributed by atoms with Crippen LogP contribution in [-0.2, 0) is 11.2 Å². The zero-order valence-corrected chi connectivity index (χ0v) is 17.7. The topological polar surface area (TPSA) is 60.7 Å². The third-order valence-corrected chi connectivity index (χ3v) is 6.44. The normalized spacial score (nSPS) is 16.7. The van der Waals surface area contributed by atoms with Gasteiger partial charge in [0.1, 0.15) is 5.78 Å². The van der Waals surface area contributed by atoms with Gasteiger partial charge in [-0.3, -0.25) is 4.79 Å². The van der Waals surface area contributed by atoms with E-state index in [4.69, 9.17) is 0 Å². The molecule has 0 amide bonds. The number of ketones is 1. The van der Waals surface area contributed by atoms with Gasteiger partial charge in [0.05, 0.1) is 5.69 Å². The fraction of sp³-hybridized carbons (Fsp3) is 0.391. The Hall–Kier alpha value is -2.47. The second kappa shape index (κ2) is 8.91. The molecule has 1 saturated carbocycles. The summed E-state index contributed by atoms with van der Waals surface area (Å²) < 4.78 is 1.75. The number of hydrogen-bond donors (Lipinski definition) is 0. The fourth-order valence-corrected chi connectivity index (χ4v) is 4.75. The molecule has 1 unspecified atom stereocenters. The van der Waals surface area contributed by atoms with Crippen molar-refractivity contribution >= 4 is 17.5 Å². The monoisotopic (exact) mass is 406 g/mol. The van der Waals surface area contributed by atoms with E-state index in [0.717, 1.165) is 41.8 Å².